The van der Waals surface area contributed by atoms with E-state index in [1.165, 1.54) is 7.05 Å². The standard InChI is InChI=1S/C13H21N3O2S/c1-15-19(17,18)13-5-3-2-4-12(13)16-8-6-11(10-14)7-9-16/h2-5,11,15H,6-10,14H2,1H3. The molecule has 106 valence electrons. The van der Waals surface area contributed by atoms with Gasteiger partial charge in [0.2, 0.25) is 10.0 Å². The number of rotatable bonds is 4. The topological polar surface area (TPSA) is 75.4 Å². The first-order chi connectivity index (χ1) is 9.08. The smallest absolute Gasteiger partial charge is 0.242 e. The lowest BCUT2D eigenvalue weighted by Crippen LogP contribution is -2.37. The number of anilines is 1. The molecule has 2 rings (SSSR count). The summed E-state index contributed by atoms with van der Waals surface area (Å²) in [6.07, 6.45) is 2.04. The van der Waals surface area contributed by atoms with Crippen LogP contribution in [0.4, 0.5) is 5.69 Å². The molecule has 0 atom stereocenters. The summed E-state index contributed by atoms with van der Waals surface area (Å²) in [5.41, 5.74) is 6.47. The fraction of sp³-hybridized carbons (Fsp3) is 0.538. The van der Waals surface area contributed by atoms with Gasteiger partial charge in [-0.2, -0.15) is 0 Å². The van der Waals surface area contributed by atoms with Crippen LogP contribution in [-0.2, 0) is 10.0 Å². The summed E-state index contributed by atoms with van der Waals surface area (Å²) in [4.78, 5) is 2.49. The van der Waals surface area contributed by atoms with Crippen molar-refractivity contribution in [3.05, 3.63) is 24.3 Å². The Morgan fingerprint density at radius 2 is 1.95 bits per heavy atom. The van der Waals surface area contributed by atoms with E-state index >= 15 is 0 Å². The lowest BCUT2D eigenvalue weighted by atomic mass is 9.97. The molecule has 1 saturated heterocycles. The molecule has 0 radical (unpaired) electrons. The molecule has 19 heavy (non-hydrogen) atoms. The third-order valence-electron chi connectivity index (χ3n) is 3.71. The summed E-state index contributed by atoms with van der Waals surface area (Å²) in [6, 6.07) is 7.14. The van der Waals surface area contributed by atoms with Crippen molar-refractivity contribution in [2.24, 2.45) is 11.7 Å². The van der Waals surface area contributed by atoms with Gasteiger partial charge < -0.3 is 10.6 Å². The monoisotopic (exact) mass is 283 g/mol. The number of para-hydroxylation sites is 1. The average molecular weight is 283 g/mol. The molecular weight excluding hydrogens is 262 g/mol. The molecule has 0 saturated carbocycles. The summed E-state index contributed by atoms with van der Waals surface area (Å²) in [5, 5.41) is 0. The van der Waals surface area contributed by atoms with E-state index in [-0.39, 0.29) is 0 Å². The normalized spacial score (nSPS) is 17.7. The van der Waals surface area contributed by atoms with Crippen molar-refractivity contribution < 1.29 is 8.42 Å². The van der Waals surface area contributed by atoms with E-state index in [2.05, 4.69) is 9.62 Å². The highest BCUT2D eigenvalue weighted by Gasteiger charge is 2.23. The third kappa shape index (κ3) is 3.08. The zero-order valence-corrected chi connectivity index (χ0v) is 12.0. The number of nitrogens with two attached hydrogens (primary N) is 1. The van der Waals surface area contributed by atoms with Crippen LogP contribution in [0.2, 0.25) is 0 Å². The molecule has 1 aliphatic rings. The van der Waals surface area contributed by atoms with Gasteiger partial charge in [-0.15, -0.1) is 0 Å². The summed E-state index contributed by atoms with van der Waals surface area (Å²) >= 11 is 0. The Morgan fingerprint density at radius 1 is 1.32 bits per heavy atom. The van der Waals surface area contributed by atoms with Crippen LogP contribution < -0.4 is 15.4 Å². The minimum absolute atomic E-state index is 0.351. The number of hydrogen-bond acceptors (Lipinski definition) is 4. The predicted octanol–water partition coefficient (Wildman–Crippen LogP) is 0.770. The van der Waals surface area contributed by atoms with Gasteiger partial charge in [0, 0.05) is 13.1 Å². The van der Waals surface area contributed by atoms with E-state index in [1.807, 2.05) is 12.1 Å². The maximum atomic E-state index is 12.0. The van der Waals surface area contributed by atoms with E-state index in [1.54, 1.807) is 12.1 Å². The van der Waals surface area contributed by atoms with Gasteiger partial charge >= 0.3 is 0 Å². The first-order valence-electron chi connectivity index (χ1n) is 6.56. The molecule has 1 aromatic rings. The first kappa shape index (κ1) is 14.3. The van der Waals surface area contributed by atoms with E-state index in [0.29, 0.717) is 17.4 Å². The SMILES string of the molecule is CNS(=O)(=O)c1ccccc1N1CCC(CN)CC1. The lowest BCUT2D eigenvalue weighted by molar-refractivity contribution is 0.413. The van der Waals surface area contributed by atoms with Crippen LogP contribution in [0.15, 0.2) is 29.2 Å². The second-order valence-electron chi connectivity index (χ2n) is 4.84. The quantitative estimate of drug-likeness (QED) is 0.856. The molecule has 0 aromatic heterocycles. The number of hydrogen-bond donors (Lipinski definition) is 2. The maximum Gasteiger partial charge on any atom is 0.242 e. The van der Waals surface area contributed by atoms with Crippen LogP contribution in [0, 0.1) is 5.92 Å². The second kappa shape index (κ2) is 5.90. The second-order valence-corrected chi connectivity index (χ2v) is 6.70. The largest absolute Gasteiger partial charge is 0.370 e. The highest BCUT2D eigenvalue weighted by Crippen LogP contribution is 2.28. The third-order valence-corrected chi connectivity index (χ3v) is 5.17. The van der Waals surface area contributed by atoms with Gasteiger partial charge in [-0.1, -0.05) is 12.1 Å². The van der Waals surface area contributed by atoms with Gasteiger partial charge in [0.05, 0.1) is 5.69 Å². The molecule has 0 bridgehead atoms. The van der Waals surface area contributed by atoms with Crippen LogP contribution >= 0.6 is 0 Å². The van der Waals surface area contributed by atoms with Crippen LogP contribution in [-0.4, -0.2) is 35.1 Å². The molecule has 3 N–H and O–H groups in total. The molecule has 0 spiro atoms. The maximum absolute atomic E-state index is 12.0. The zero-order valence-electron chi connectivity index (χ0n) is 11.2. The Morgan fingerprint density at radius 3 is 2.53 bits per heavy atom. The van der Waals surface area contributed by atoms with E-state index in [0.717, 1.165) is 31.6 Å². The van der Waals surface area contributed by atoms with Gasteiger partial charge in [0.15, 0.2) is 0 Å². The van der Waals surface area contributed by atoms with Crippen molar-refractivity contribution in [2.45, 2.75) is 17.7 Å². The van der Waals surface area contributed by atoms with Crippen molar-refractivity contribution in [3.63, 3.8) is 0 Å². The molecule has 5 nitrogen and oxygen atoms in total. The fourth-order valence-corrected chi connectivity index (χ4v) is 3.42. The van der Waals surface area contributed by atoms with Crippen molar-refractivity contribution in [3.8, 4) is 0 Å². The van der Waals surface area contributed by atoms with Crippen molar-refractivity contribution in [1.82, 2.24) is 4.72 Å². The van der Waals surface area contributed by atoms with E-state index in [4.69, 9.17) is 5.73 Å². The van der Waals surface area contributed by atoms with Crippen LogP contribution in [0.25, 0.3) is 0 Å². The van der Waals surface area contributed by atoms with E-state index in [9.17, 15) is 8.42 Å². The van der Waals surface area contributed by atoms with Crippen molar-refractivity contribution >= 4 is 15.7 Å². The van der Waals surface area contributed by atoms with Crippen LogP contribution in [0.3, 0.4) is 0 Å². The molecular formula is C13H21N3O2S. The van der Waals surface area contributed by atoms with Crippen molar-refractivity contribution in [1.29, 1.82) is 0 Å². The highest BCUT2D eigenvalue weighted by molar-refractivity contribution is 7.89. The Kier molecular flexibility index (Phi) is 4.44. The van der Waals surface area contributed by atoms with Gasteiger partial charge in [-0.3, -0.25) is 0 Å². The van der Waals surface area contributed by atoms with Gasteiger partial charge in [0.25, 0.3) is 0 Å². The van der Waals surface area contributed by atoms with Crippen molar-refractivity contribution in [2.75, 3.05) is 31.6 Å². The molecule has 1 aliphatic heterocycles. The minimum atomic E-state index is -3.41. The zero-order chi connectivity index (χ0) is 13.9. The molecule has 1 fully saturated rings. The van der Waals surface area contributed by atoms with Crippen LogP contribution in [0.5, 0.6) is 0 Å². The summed E-state index contributed by atoms with van der Waals surface area (Å²) < 4.78 is 26.4. The van der Waals surface area contributed by atoms with Gasteiger partial charge in [0.1, 0.15) is 4.90 Å². The average Bonchev–Trinajstić information content (AvgIpc) is 2.47. The number of piperidine rings is 1. The Labute approximate surface area is 114 Å². The van der Waals surface area contributed by atoms with Gasteiger partial charge in [-0.05, 0) is 44.5 Å². The van der Waals surface area contributed by atoms with Gasteiger partial charge in [-0.25, -0.2) is 13.1 Å². The Hall–Kier alpha value is -1.11. The molecule has 1 heterocycles. The molecule has 0 unspecified atom stereocenters. The highest BCUT2D eigenvalue weighted by atomic mass is 32.2. The minimum Gasteiger partial charge on any atom is -0.370 e. The van der Waals surface area contributed by atoms with E-state index < -0.39 is 10.0 Å². The first-order valence-corrected chi connectivity index (χ1v) is 8.04. The summed E-state index contributed by atoms with van der Waals surface area (Å²) in [5.74, 6) is 0.560. The molecule has 6 heteroatoms. The molecule has 0 amide bonds. The number of nitrogens with zero attached hydrogens (tertiary/aromatic N) is 1. The Bertz CT molecular complexity index is 522. The Balaban J connectivity index is 2.27. The fourth-order valence-electron chi connectivity index (χ4n) is 2.47. The number of nitrogens with one attached hydrogen (secondary N) is 1. The lowest BCUT2D eigenvalue weighted by Gasteiger charge is -2.34. The molecule has 1 aromatic carbocycles. The predicted molar refractivity (Wildman–Crippen MR) is 76.7 cm³/mol. The van der Waals surface area contributed by atoms with Crippen LogP contribution in [0.1, 0.15) is 12.8 Å². The summed E-state index contributed by atoms with van der Waals surface area (Å²) in [7, 11) is -1.98. The number of benzene rings is 1. The number of sulfonamides is 1. The summed E-state index contributed by atoms with van der Waals surface area (Å²) in [6.45, 7) is 2.43. The molecule has 0 aliphatic carbocycles.